The van der Waals surface area contributed by atoms with Gasteiger partial charge in [-0.25, -0.2) is 0 Å². The van der Waals surface area contributed by atoms with E-state index in [1.165, 1.54) is 6.42 Å². The third-order valence-electron chi connectivity index (χ3n) is 6.74. The predicted octanol–water partition coefficient (Wildman–Crippen LogP) is 5.77. The van der Waals surface area contributed by atoms with Crippen LogP contribution in [0.25, 0.3) is 0 Å². The number of fused-ring (bicyclic) bond motifs is 1. The molecule has 1 aliphatic heterocycles. The molecule has 154 valence electrons. The van der Waals surface area contributed by atoms with E-state index < -0.39 is 0 Å². The molecule has 0 spiro atoms. The molecule has 4 nitrogen and oxygen atoms in total. The van der Waals surface area contributed by atoms with Crippen LogP contribution in [0.3, 0.4) is 0 Å². The molecule has 0 bridgehead atoms. The number of para-hydroxylation sites is 2. The topological polar surface area (TPSA) is 49.4 Å². The number of Topliss-reactive ketones (excluding diaryl/α,β-unsaturated/α-hetero) is 1. The van der Waals surface area contributed by atoms with Gasteiger partial charge in [0.2, 0.25) is 5.91 Å². The van der Waals surface area contributed by atoms with Crippen LogP contribution < -0.4 is 10.2 Å². The summed E-state index contributed by atoms with van der Waals surface area (Å²) in [5, 5.41) is 3.54. The van der Waals surface area contributed by atoms with Crippen molar-refractivity contribution in [1.82, 2.24) is 0 Å². The number of anilines is 2. The quantitative estimate of drug-likeness (QED) is 0.696. The lowest BCUT2D eigenvalue weighted by atomic mass is 9.83. The molecule has 3 aliphatic rings. The third-order valence-corrected chi connectivity index (χ3v) is 6.74. The van der Waals surface area contributed by atoms with E-state index in [0.29, 0.717) is 6.42 Å². The fourth-order valence-electron chi connectivity index (χ4n) is 5.27. The number of rotatable bonds is 2. The highest BCUT2D eigenvalue weighted by Gasteiger charge is 2.41. The van der Waals surface area contributed by atoms with E-state index in [9.17, 15) is 9.59 Å². The lowest BCUT2D eigenvalue weighted by Crippen LogP contribution is -2.42. The van der Waals surface area contributed by atoms with Crippen LogP contribution in [0.2, 0.25) is 0 Å². The summed E-state index contributed by atoms with van der Waals surface area (Å²) in [4.78, 5) is 29.2. The van der Waals surface area contributed by atoms with Crippen molar-refractivity contribution in [3.05, 3.63) is 71.4 Å². The number of benzene rings is 2. The van der Waals surface area contributed by atoms with Crippen LogP contribution in [0.5, 0.6) is 0 Å². The van der Waals surface area contributed by atoms with Crippen molar-refractivity contribution in [2.75, 3.05) is 10.2 Å². The molecule has 1 atom stereocenters. The third kappa shape index (κ3) is 3.34. The lowest BCUT2D eigenvalue weighted by Gasteiger charge is -2.36. The first-order valence-corrected chi connectivity index (χ1v) is 11.2. The molecule has 0 unspecified atom stereocenters. The Hall–Kier alpha value is -2.88. The fraction of sp³-hybridized carbons (Fsp3) is 0.385. The Labute approximate surface area is 178 Å². The second-order valence-corrected chi connectivity index (χ2v) is 8.67. The van der Waals surface area contributed by atoms with Crippen LogP contribution in [0.4, 0.5) is 11.4 Å². The maximum absolute atomic E-state index is 14.0. The van der Waals surface area contributed by atoms with E-state index in [1.807, 2.05) is 59.5 Å². The van der Waals surface area contributed by atoms with Crippen LogP contribution >= 0.6 is 0 Å². The number of nitrogens with one attached hydrogen (secondary N) is 1. The average Bonchev–Trinajstić information content (AvgIpc) is 2.95. The van der Waals surface area contributed by atoms with Gasteiger partial charge in [0.15, 0.2) is 5.78 Å². The number of carbonyl (C=O) groups is 2. The first kappa shape index (κ1) is 19.1. The van der Waals surface area contributed by atoms with Gasteiger partial charge < -0.3 is 5.32 Å². The van der Waals surface area contributed by atoms with Gasteiger partial charge >= 0.3 is 0 Å². The molecule has 2 aromatic rings. The van der Waals surface area contributed by atoms with E-state index in [4.69, 9.17) is 0 Å². The number of allylic oxidation sites excluding steroid dienone is 1. The Bertz CT molecular complexity index is 989. The zero-order chi connectivity index (χ0) is 20.5. The summed E-state index contributed by atoms with van der Waals surface area (Å²) in [7, 11) is 0. The Kier molecular flexibility index (Phi) is 5.16. The number of carbonyl (C=O) groups excluding carboxylic acids is 2. The van der Waals surface area contributed by atoms with Crippen LogP contribution in [0, 0.1) is 5.92 Å². The first-order chi connectivity index (χ1) is 14.7. The Morgan fingerprint density at radius 3 is 2.40 bits per heavy atom. The Balaban J connectivity index is 1.72. The molecule has 1 saturated carbocycles. The first-order valence-electron chi connectivity index (χ1n) is 11.2. The Morgan fingerprint density at radius 1 is 0.867 bits per heavy atom. The normalized spacial score (nSPS) is 22.1. The van der Waals surface area contributed by atoms with E-state index >= 15 is 0 Å². The van der Waals surface area contributed by atoms with Gasteiger partial charge in [-0.1, -0.05) is 61.7 Å². The van der Waals surface area contributed by atoms with Gasteiger partial charge in [-0.05, 0) is 43.4 Å². The van der Waals surface area contributed by atoms with Gasteiger partial charge in [-0.2, -0.15) is 0 Å². The molecule has 1 fully saturated rings. The van der Waals surface area contributed by atoms with E-state index in [1.54, 1.807) is 0 Å². The highest BCUT2D eigenvalue weighted by molar-refractivity contribution is 6.06. The van der Waals surface area contributed by atoms with E-state index in [2.05, 4.69) is 5.32 Å². The standard InChI is InChI=1S/C26H28N2O2/c29-23-17-9-15-21-24(23)25(18-10-3-1-4-11-18)28(22-16-8-7-14-20(22)27-21)26(30)19-12-5-2-6-13-19/h1,3-4,7-8,10-11,14,16,19,25,27H,2,5-6,9,12-13,15,17H2/t25-/m0/s1. The molecule has 30 heavy (non-hydrogen) atoms. The van der Waals surface area contributed by atoms with Gasteiger partial charge in [0.05, 0.1) is 17.4 Å². The van der Waals surface area contributed by atoms with Crippen molar-refractivity contribution in [2.24, 2.45) is 5.92 Å². The van der Waals surface area contributed by atoms with Crippen molar-refractivity contribution in [3.8, 4) is 0 Å². The second kappa shape index (κ2) is 8.10. The van der Waals surface area contributed by atoms with Gasteiger partial charge in [0, 0.05) is 23.6 Å². The fourth-order valence-corrected chi connectivity index (χ4v) is 5.27. The molecule has 2 aromatic carbocycles. The smallest absolute Gasteiger partial charge is 0.231 e. The summed E-state index contributed by atoms with van der Waals surface area (Å²) in [6, 6.07) is 17.7. The number of amides is 1. The molecule has 4 heteroatoms. The molecule has 1 N–H and O–H groups in total. The van der Waals surface area contributed by atoms with Gasteiger partial charge in [0.25, 0.3) is 0 Å². The Morgan fingerprint density at radius 2 is 1.60 bits per heavy atom. The van der Waals surface area contributed by atoms with Crippen molar-refractivity contribution >= 4 is 23.1 Å². The zero-order valence-electron chi connectivity index (χ0n) is 17.3. The highest BCUT2D eigenvalue weighted by atomic mass is 16.2. The SMILES string of the molecule is O=C1CCCC2=C1[C@H](c1ccccc1)N(C(=O)C1CCCCC1)c1ccccc1N2. The second-order valence-electron chi connectivity index (χ2n) is 8.67. The molecule has 2 aliphatic carbocycles. The highest BCUT2D eigenvalue weighted by Crippen LogP contribution is 2.46. The van der Waals surface area contributed by atoms with Crippen molar-refractivity contribution in [3.63, 3.8) is 0 Å². The van der Waals surface area contributed by atoms with Crippen LogP contribution in [-0.4, -0.2) is 11.7 Å². The van der Waals surface area contributed by atoms with Crippen LogP contribution in [0.1, 0.15) is 63.0 Å². The minimum Gasteiger partial charge on any atom is -0.357 e. The van der Waals surface area contributed by atoms with Gasteiger partial charge in [0.1, 0.15) is 0 Å². The molecule has 1 amide bonds. The molecule has 5 rings (SSSR count). The number of hydrogen-bond acceptors (Lipinski definition) is 3. The molecular weight excluding hydrogens is 372 g/mol. The minimum absolute atomic E-state index is 0.0267. The summed E-state index contributed by atoms with van der Waals surface area (Å²) < 4.78 is 0. The van der Waals surface area contributed by atoms with E-state index in [-0.39, 0.29) is 23.7 Å². The summed E-state index contributed by atoms with van der Waals surface area (Å²) in [6.45, 7) is 0. The number of hydrogen-bond donors (Lipinski definition) is 1. The zero-order valence-corrected chi connectivity index (χ0v) is 17.3. The van der Waals surface area contributed by atoms with Gasteiger partial charge in [-0.15, -0.1) is 0 Å². The monoisotopic (exact) mass is 400 g/mol. The lowest BCUT2D eigenvalue weighted by molar-refractivity contribution is -0.123. The summed E-state index contributed by atoms with van der Waals surface area (Å²) >= 11 is 0. The van der Waals surface area contributed by atoms with Crippen molar-refractivity contribution in [1.29, 1.82) is 0 Å². The summed E-state index contributed by atoms with van der Waals surface area (Å²) in [5.74, 6) is 0.343. The van der Waals surface area contributed by atoms with Crippen molar-refractivity contribution in [2.45, 2.75) is 57.4 Å². The van der Waals surface area contributed by atoms with Crippen molar-refractivity contribution < 1.29 is 9.59 Å². The molecule has 1 heterocycles. The minimum atomic E-state index is -0.375. The average molecular weight is 401 g/mol. The number of nitrogens with zero attached hydrogens (tertiary/aromatic N) is 1. The number of ketones is 1. The summed E-state index contributed by atoms with van der Waals surface area (Å²) in [6.07, 6.45) is 7.53. The molecule has 0 saturated heterocycles. The largest absolute Gasteiger partial charge is 0.357 e. The van der Waals surface area contributed by atoms with Crippen LogP contribution in [0.15, 0.2) is 65.9 Å². The summed E-state index contributed by atoms with van der Waals surface area (Å²) in [5.41, 5.74) is 4.55. The molecule has 0 aromatic heterocycles. The molecular formula is C26H28N2O2. The van der Waals surface area contributed by atoms with E-state index in [0.717, 1.165) is 66.7 Å². The van der Waals surface area contributed by atoms with Crippen LogP contribution in [-0.2, 0) is 9.59 Å². The maximum Gasteiger partial charge on any atom is 0.231 e. The molecule has 0 radical (unpaired) electrons. The van der Waals surface area contributed by atoms with Gasteiger partial charge in [-0.3, -0.25) is 14.5 Å². The predicted molar refractivity (Wildman–Crippen MR) is 119 cm³/mol. The maximum atomic E-state index is 14.0.